The number of nitrogens with zero attached hydrogens (tertiary/aromatic N) is 3. The van der Waals surface area contributed by atoms with Crippen molar-refractivity contribution < 1.29 is 4.79 Å². The fourth-order valence-corrected chi connectivity index (χ4v) is 3.76. The van der Waals surface area contributed by atoms with Crippen LogP contribution in [0.25, 0.3) is 0 Å². The van der Waals surface area contributed by atoms with Gasteiger partial charge in [0.05, 0.1) is 6.04 Å². The number of likely N-dealkylation sites (N-methyl/N-ethyl adjacent to an activating group) is 1. The van der Waals surface area contributed by atoms with Gasteiger partial charge >= 0.3 is 0 Å². The predicted molar refractivity (Wildman–Crippen MR) is 101 cm³/mol. The molecule has 0 aliphatic carbocycles. The minimum atomic E-state index is 0.0669. The highest BCUT2D eigenvalue weighted by Crippen LogP contribution is 2.12. The molecule has 1 unspecified atom stereocenters. The molecule has 1 aromatic carbocycles. The Balaban J connectivity index is 1.35. The number of rotatable bonds is 6. The van der Waals surface area contributed by atoms with E-state index in [0.29, 0.717) is 5.91 Å². The third-order valence-electron chi connectivity index (χ3n) is 5.39. The van der Waals surface area contributed by atoms with Crippen LogP contribution in [0.5, 0.6) is 0 Å². The zero-order valence-corrected chi connectivity index (χ0v) is 15.5. The molecule has 3 rings (SSSR count). The number of piperazine rings is 1. The number of benzene rings is 1. The number of carbonyl (C=O) groups is 1. The van der Waals surface area contributed by atoms with Gasteiger partial charge in [-0.1, -0.05) is 36.8 Å². The van der Waals surface area contributed by atoms with E-state index < -0.39 is 0 Å². The maximum absolute atomic E-state index is 12.6. The molecule has 0 radical (unpaired) electrons. The van der Waals surface area contributed by atoms with Gasteiger partial charge in [-0.25, -0.2) is 0 Å². The van der Waals surface area contributed by atoms with Gasteiger partial charge in [0.1, 0.15) is 0 Å². The lowest BCUT2D eigenvalue weighted by atomic mass is 10.0. The highest BCUT2D eigenvalue weighted by Gasteiger charge is 2.28. The number of nitrogens with one attached hydrogen (secondary N) is 1. The van der Waals surface area contributed by atoms with Gasteiger partial charge in [-0.2, -0.15) is 0 Å². The van der Waals surface area contributed by atoms with E-state index in [1.54, 1.807) is 0 Å². The number of piperidine rings is 1. The topological polar surface area (TPSA) is 38.8 Å². The third kappa shape index (κ3) is 5.53. The van der Waals surface area contributed by atoms with Crippen LogP contribution < -0.4 is 5.32 Å². The molecule has 2 aliphatic heterocycles. The molecular formula is C20H32N4O. The van der Waals surface area contributed by atoms with E-state index in [1.807, 2.05) is 0 Å². The van der Waals surface area contributed by atoms with E-state index in [9.17, 15) is 4.79 Å². The molecule has 2 fully saturated rings. The first-order valence-electron chi connectivity index (χ1n) is 9.69. The van der Waals surface area contributed by atoms with Crippen LogP contribution in [-0.2, 0) is 11.3 Å². The Labute approximate surface area is 152 Å². The van der Waals surface area contributed by atoms with Crippen molar-refractivity contribution >= 4 is 5.91 Å². The minimum Gasteiger partial charge on any atom is -0.339 e. The molecule has 1 N–H and O–H groups in total. The zero-order chi connectivity index (χ0) is 17.5. The SMILES string of the molecule is CN(CCN1CCN(C(=O)C2CCCCN2)CC1)Cc1ccccc1. The van der Waals surface area contributed by atoms with Crippen molar-refractivity contribution in [2.24, 2.45) is 0 Å². The third-order valence-corrected chi connectivity index (χ3v) is 5.39. The van der Waals surface area contributed by atoms with Crippen molar-refractivity contribution in [3.05, 3.63) is 35.9 Å². The van der Waals surface area contributed by atoms with Gasteiger partial charge in [-0.3, -0.25) is 9.69 Å². The van der Waals surface area contributed by atoms with Crippen LogP contribution >= 0.6 is 0 Å². The zero-order valence-electron chi connectivity index (χ0n) is 15.5. The molecule has 0 spiro atoms. The largest absolute Gasteiger partial charge is 0.339 e. The van der Waals surface area contributed by atoms with Gasteiger partial charge in [0.25, 0.3) is 0 Å². The highest BCUT2D eigenvalue weighted by molar-refractivity contribution is 5.82. The summed E-state index contributed by atoms with van der Waals surface area (Å²) in [5.74, 6) is 0.320. The lowest BCUT2D eigenvalue weighted by molar-refractivity contribution is -0.135. The molecule has 2 saturated heterocycles. The van der Waals surface area contributed by atoms with Gasteiger partial charge in [0, 0.05) is 45.8 Å². The Morgan fingerprint density at radius 2 is 1.92 bits per heavy atom. The fourth-order valence-electron chi connectivity index (χ4n) is 3.76. The van der Waals surface area contributed by atoms with Crippen LogP contribution in [0.1, 0.15) is 24.8 Å². The molecule has 0 aromatic heterocycles. The molecular weight excluding hydrogens is 312 g/mol. The van der Waals surface area contributed by atoms with E-state index in [2.05, 4.69) is 57.4 Å². The molecule has 5 heteroatoms. The predicted octanol–water partition coefficient (Wildman–Crippen LogP) is 1.40. The second kappa shape index (κ2) is 9.32. The van der Waals surface area contributed by atoms with Crippen molar-refractivity contribution in [1.82, 2.24) is 20.0 Å². The van der Waals surface area contributed by atoms with Crippen molar-refractivity contribution in [3.63, 3.8) is 0 Å². The second-order valence-electron chi connectivity index (χ2n) is 7.39. The van der Waals surface area contributed by atoms with Crippen molar-refractivity contribution in [2.45, 2.75) is 31.8 Å². The summed E-state index contributed by atoms with van der Waals surface area (Å²) in [4.78, 5) is 19.5. The smallest absolute Gasteiger partial charge is 0.239 e. The lowest BCUT2D eigenvalue weighted by Gasteiger charge is -2.37. The molecule has 1 aromatic rings. The quantitative estimate of drug-likeness (QED) is 0.847. The number of amides is 1. The first kappa shape index (κ1) is 18.4. The first-order valence-corrected chi connectivity index (χ1v) is 9.69. The second-order valence-corrected chi connectivity index (χ2v) is 7.39. The molecule has 0 bridgehead atoms. The summed E-state index contributed by atoms with van der Waals surface area (Å²) in [5, 5.41) is 3.38. The van der Waals surface area contributed by atoms with Crippen LogP contribution in [0, 0.1) is 0 Å². The normalized spacial score (nSPS) is 22.3. The summed E-state index contributed by atoms with van der Waals surface area (Å²) in [6, 6.07) is 10.7. The summed E-state index contributed by atoms with van der Waals surface area (Å²) in [7, 11) is 2.18. The molecule has 138 valence electrons. The van der Waals surface area contributed by atoms with E-state index in [1.165, 1.54) is 18.4 Å². The Kier molecular flexibility index (Phi) is 6.84. The number of hydrogen-bond acceptors (Lipinski definition) is 4. The van der Waals surface area contributed by atoms with E-state index >= 15 is 0 Å². The summed E-state index contributed by atoms with van der Waals surface area (Å²) >= 11 is 0. The molecule has 1 amide bonds. The maximum Gasteiger partial charge on any atom is 0.239 e. The van der Waals surface area contributed by atoms with Gasteiger partial charge in [0.15, 0.2) is 0 Å². The number of carbonyl (C=O) groups excluding carboxylic acids is 1. The average Bonchev–Trinajstić information content (AvgIpc) is 2.68. The van der Waals surface area contributed by atoms with Gasteiger partial charge in [-0.15, -0.1) is 0 Å². The monoisotopic (exact) mass is 344 g/mol. The van der Waals surface area contributed by atoms with Crippen molar-refractivity contribution in [2.75, 3.05) is 52.9 Å². The van der Waals surface area contributed by atoms with E-state index in [4.69, 9.17) is 0 Å². The molecule has 2 heterocycles. The molecule has 2 aliphatic rings. The Morgan fingerprint density at radius 3 is 2.60 bits per heavy atom. The van der Waals surface area contributed by atoms with E-state index in [-0.39, 0.29) is 6.04 Å². The summed E-state index contributed by atoms with van der Waals surface area (Å²) < 4.78 is 0. The van der Waals surface area contributed by atoms with Gasteiger partial charge in [-0.05, 0) is 32.0 Å². The Hall–Kier alpha value is -1.43. The van der Waals surface area contributed by atoms with Crippen LogP contribution in [0.4, 0.5) is 0 Å². The molecule has 5 nitrogen and oxygen atoms in total. The van der Waals surface area contributed by atoms with Gasteiger partial charge < -0.3 is 15.1 Å². The minimum absolute atomic E-state index is 0.0669. The van der Waals surface area contributed by atoms with Crippen LogP contribution in [-0.4, -0.2) is 79.5 Å². The van der Waals surface area contributed by atoms with Crippen molar-refractivity contribution in [1.29, 1.82) is 0 Å². The van der Waals surface area contributed by atoms with Crippen molar-refractivity contribution in [3.8, 4) is 0 Å². The Morgan fingerprint density at radius 1 is 1.16 bits per heavy atom. The van der Waals surface area contributed by atoms with Crippen LogP contribution in [0.2, 0.25) is 0 Å². The fraction of sp³-hybridized carbons (Fsp3) is 0.650. The maximum atomic E-state index is 12.6. The highest BCUT2D eigenvalue weighted by atomic mass is 16.2. The summed E-state index contributed by atoms with van der Waals surface area (Å²) in [5.41, 5.74) is 1.36. The summed E-state index contributed by atoms with van der Waals surface area (Å²) in [6.45, 7) is 7.87. The Bertz CT molecular complexity index is 522. The summed E-state index contributed by atoms with van der Waals surface area (Å²) in [6.07, 6.45) is 3.38. The van der Waals surface area contributed by atoms with E-state index in [0.717, 1.165) is 58.8 Å². The molecule has 25 heavy (non-hydrogen) atoms. The van der Waals surface area contributed by atoms with Crippen LogP contribution in [0.15, 0.2) is 30.3 Å². The average molecular weight is 345 g/mol. The molecule has 1 atom stereocenters. The molecule has 0 saturated carbocycles. The lowest BCUT2D eigenvalue weighted by Crippen LogP contribution is -2.55. The standard InChI is InChI=1S/C20H32N4O/c1-22(17-18-7-3-2-4-8-18)11-12-23-13-15-24(16-14-23)20(25)19-9-5-6-10-21-19/h2-4,7-8,19,21H,5-6,9-17H2,1H3. The number of hydrogen-bond donors (Lipinski definition) is 1. The van der Waals surface area contributed by atoms with Crippen LogP contribution in [0.3, 0.4) is 0 Å². The van der Waals surface area contributed by atoms with Gasteiger partial charge in [0.2, 0.25) is 5.91 Å². The first-order chi connectivity index (χ1) is 12.2.